The second-order valence-electron chi connectivity index (χ2n) is 6.89. The lowest BCUT2D eigenvalue weighted by molar-refractivity contribution is 0.355. The van der Waals surface area contributed by atoms with Gasteiger partial charge in [0.2, 0.25) is 0 Å². The molecule has 150 valence electrons. The molecule has 0 spiro atoms. The highest BCUT2D eigenvalue weighted by Crippen LogP contribution is 2.36. The minimum Gasteiger partial charge on any atom is -0.493 e. The molecular weight excluding hydrogens is 396 g/mol. The summed E-state index contributed by atoms with van der Waals surface area (Å²) in [6, 6.07) is 20.3. The van der Waals surface area contributed by atoms with Crippen molar-refractivity contribution in [2.24, 2.45) is 7.05 Å². The van der Waals surface area contributed by atoms with Crippen molar-refractivity contribution in [2.75, 3.05) is 19.5 Å². The van der Waals surface area contributed by atoms with Crippen LogP contribution in [0.15, 0.2) is 60.7 Å². The fraction of sp³-hybridized carbons (Fsp3) is 0.130. The molecule has 0 bridgehead atoms. The second-order valence-corrected chi connectivity index (χ2v) is 7.92. The standard InChI is InChI=1S/C23H20N4O2S/c1-27-18-13-20(29-3)19(28-2)12-16(18)22(26-27)24-15-10-8-14(9-11-15)23-25-17-6-4-5-7-21(17)30-23/h4-13H,1-3H3,(H,24,26). The van der Waals surface area contributed by atoms with Crippen molar-refractivity contribution >= 4 is 44.0 Å². The summed E-state index contributed by atoms with van der Waals surface area (Å²) in [5, 5.41) is 10.0. The fourth-order valence-electron chi connectivity index (χ4n) is 3.50. The number of ether oxygens (including phenoxy) is 2. The maximum absolute atomic E-state index is 5.45. The van der Waals surface area contributed by atoms with E-state index in [1.807, 2.05) is 54.2 Å². The molecule has 5 rings (SSSR count). The van der Waals surface area contributed by atoms with Gasteiger partial charge in [-0.2, -0.15) is 5.10 Å². The highest BCUT2D eigenvalue weighted by atomic mass is 32.1. The van der Waals surface area contributed by atoms with Gasteiger partial charge in [-0.05, 0) is 42.5 Å². The zero-order chi connectivity index (χ0) is 20.7. The third kappa shape index (κ3) is 3.13. The lowest BCUT2D eigenvalue weighted by Crippen LogP contribution is -1.94. The van der Waals surface area contributed by atoms with Crippen molar-refractivity contribution in [3.8, 4) is 22.1 Å². The van der Waals surface area contributed by atoms with E-state index in [0.29, 0.717) is 11.5 Å². The van der Waals surface area contributed by atoms with E-state index >= 15 is 0 Å². The third-order valence-electron chi connectivity index (χ3n) is 5.04. The van der Waals surface area contributed by atoms with Crippen LogP contribution in [0.2, 0.25) is 0 Å². The Morgan fingerprint density at radius 2 is 1.67 bits per heavy atom. The number of anilines is 2. The molecule has 0 aliphatic rings. The molecule has 0 radical (unpaired) electrons. The van der Waals surface area contributed by atoms with Crippen molar-refractivity contribution in [3.05, 3.63) is 60.7 Å². The van der Waals surface area contributed by atoms with Crippen LogP contribution >= 0.6 is 11.3 Å². The molecule has 0 saturated carbocycles. The number of benzene rings is 3. The van der Waals surface area contributed by atoms with Gasteiger partial charge in [0.25, 0.3) is 0 Å². The number of aryl methyl sites for hydroxylation is 1. The summed E-state index contributed by atoms with van der Waals surface area (Å²) in [5.41, 5.74) is 4.04. The molecule has 7 heteroatoms. The number of nitrogens with zero attached hydrogens (tertiary/aromatic N) is 3. The first-order valence-corrected chi connectivity index (χ1v) is 10.3. The lowest BCUT2D eigenvalue weighted by Gasteiger charge is -2.08. The Labute approximate surface area is 177 Å². The summed E-state index contributed by atoms with van der Waals surface area (Å²) >= 11 is 1.70. The van der Waals surface area contributed by atoms with Crippen LogP contribution in [0.4, 0.5) is 11.5 Å². The summed E-state index contributed by atoms with van der Waals surface area (Å²) in [6.07, 6.45) is 0. The van der Waals surface area contributed by atoms with Gasteiger partial charge in [-0.25, -0.2) is 4.98 Å². The zero-order valence-electron chi connectivity index (χ0n) is 16.8. The molecule has 0 aliphatic carbocycles. The normalized spacial score (nSPS) is 11.2. The Morgan fingerprint density at radius 1 is 0.933 bits per heavy atom. The Balaban J connectivity index is 1.46. The maximum Gasteiger partial charge on any atom is 0.162 e. The summed E-state index contributed by atoms with van der Waals surface area (Å²) in [4.78, 5) is 4.73. The lowest BCUT2D eigenvalue weighted by atomic mass is 10.2. The van der Waals surface area contributed by atoms with Gasteiger partial charge >= 0.3 is 0 Å². The van der Waals surface area contributed by atoms with Gasteiger partial charge in [-0.15, -0.1) is 11.3 Å². The third-order valence-corrected chi connectivity index (χ3v) is 6.13. The smallest absolute Gasteiger partial charge is 0.162 e. The number of aromatic nitrogens is 3. The molecule has 3 aromatic carbocycles. The molecular formula is C23H20N4O2S. The summed E-state index contributed by atoms with van der Waals surface area (Å²) < 4.78 is 13.9. The Kier molecular flexibility index (Phi) is 4.52. The number of hydrogen-bond donors (Lipinski definition) is 1. The summed E-state index contributed by atoms with van der Waals surface area (Å²) in [7, 11) is 5.18. The van der Waals surface area contributed by atoms with E-state index in [2.05, 4.69) is 28.6 Å². The summed E-state index contributed by atoms with van der Waals surface area (Å²) in [5.74, 6) is 2.12. The largest absolute Gasteiger partial charge is 0.493 e. The van der Waals surface area contributed by atoms with Gasteiger partial charge in [0, 0.05) is 29.8 Å². The maximum atomic E-state index is 5.45. The molecule has 2 heterocycles. The van der Waals surface area contributed by atoms with Crippen LogP contribution in [-0.2, 0) is 7.05 Å². The molecule has 30 heavy (non-hydrogen) atoms. The van der Waals surface area contributed by atoms with E-state index in [9.17, 15) is 0 Å². The van der Waals surface area contributed by atoms with Crippen molar-refractivity contribution in [2.45, 2.75) is 0 Å². The molecule has 2 aromatic heterocycles. The van der Waals surface area contributed by atoms with Crippen molar-refractivity contribution in [1.82, 2.24) is 14.8 Å². The molecule has 0 atom stereocenters. The fourth-order valence-corrected chi connectivity index (χ4v) is 4.48. The SMILES string of the molecule is COc1cc2c(Nc3ccc(-c4nc5ccccc5s4)cc3)nn(C)c2cc1OC. The van der Waals surface area contributed by atoms with Crippen LogP contribution < -0.4 is 14.8 Å². The number of para-hydroxylation sites is 1. The average molecular weight is 417 g/mol. The number of methoxy groups -OCH3 is 2. The predicted octanol–water partition coefficient (Wildman–Crippen LogP) is 5.61. The monoisotopic (exact) mass is 416 g/mol. The van der Waals surface area contributed by atoms with Gasteiger partial charge in [-0.1, -0.05) is 12.1 Å². The van der Waals surface area contributed by atoms with Crippen molar-refractivity contribution in [1.29, 1.82) is 0 Å². The minimum absolute atomic E-state index is 0.673. The van der Waals surface area contributed by atoms with Crippen LogP contribution in [-0.4, -0.2) is 29.0 Å². The topological polar surface area (TPSA) is 61.2 Å². The number of thiazole rings is 1. The summed E-state index contributed by atoms with van der Waals surface area (Å²) in [6.45, 7) is 0. The molecule has 6 nitrogen and oxygen atoms in total. The van der Waals surface area contributed by atoms with Gasteiger partial charge in [0.15, 0.2) is 17.3 Å². The molecule has 0 aliphatic heterocycles. The van der Waals surface area contributed by atoms with Gasteiger partial charge < -0.3 is 14.8 Å². The van der Waals surface area contributed by atoms with Crippen LogP contribution in [0.25, 0.3) is 31.7 Å². The van der Waals surface area contributed by atoms with Crippen molar-refractivity contribution < 1.29 is 9.47 Å². The number of hydrogen-bond acceptors (Lipinski definition) is 6. The molecule has 1 N–H and O–H groups in total. The van der Waals surface area contributed by atoms with E-state index < -0.39 is 0 Å². The minimum atomic E-state index is 0.673. The first-order valence-electron chi connectivity index (χ1n) is 9.48. The Morgan fingerprint density at radius 3 is 2.40 bits per heavy atom. The predicted molar refractivity (Wildman–Crippen MR) is 122 cm³/mol. The second kappa shape index (κ2) is 7.35. The Hall–Kier alpha value is -3.58. The van der Waals surface area contributed by atoms with Crippen LogP contribution in [0, 0.1) is 0 Å². The zero-order valence-corrected chi connectivity index (χ0v) is 17.7. The molecule has 0 amide bonds. The first-order chi connectivity index (χ1) is 14.7. The number of nitrogens with one attached hydrogen (secondary N) is 1. The highest BCUT2D eigenvalue weighted by molar-refractivity contribution is 7.21. The quantitative estimate of drug-likeness (QED) is 0.403. The first kappa shape index (κ1) is 18.4. The van der Waals surface area contributed by atoms with Crippen molar-refractivity contribution in [3.63, 3.8) is 0 Å². The molecule has 0 unspecified atom stereocenters. The van der Waals surface area contributed by atoms with Gasteiger partial charge in [0.05, 0.1) is 30.0 Å². The molecule has 0 fully saturated rings. The van der Waals surface area contributed by atoms with Gasteiger partial charge in [-0.3, -0.25) is 4.68 Å². The number of fused-ring (bicyclic) bond motifs is 2. The van der Waals surface area contributed by atoms with E-state index in [0.717, 1.165) is 38.5 Å². The van der Waals surface area contributed by atoms with E-state index in [-0.39, 0.29) is 0 Å². The Bertz CT molecular complexity index is 1320. The molecule has 5 aromatic rings. The average Bonchev–Trinajstić information content (AvgIpc) is 3.34. The highest BCUT2D eigenvalue weighted by Gasteiger charge is 2.14. The number of rotatable bonds is 5. The molecule has 0 saturated heterocycles. The van der Waals surface area contributed by atoms with Crippen LogP contribution in [0.5, 0.6) is 11.5 Å². The van der Waals surface area contributed by atoms with E-state index in [1.165, 1.54) is 4.70 Å². The van der Waals surface area contributed by atoms with Gasteiger partial charge in [0.1, 0.15) is 5.01 Å². The van der Waals surface area contributed by atoms with Crippen LogP contribution in [0.3, 0.4) is 0 Å². The van der Waals surface area contributed by atoms with E-state index in [1.54, 1.807) is 25.6 Å². The van der Waals surface area contributed by atoms with E-state index in [4.69, 9.17) is 14.5 Å². The van der Waals surface area contributed by atoms with Crippen LogP contribution in [0.1, 0.15) is 0 Å².